The van der Waals surface area contributed by atoms with Crippen LogP contribution in [0.25, 0.3) is 12.2 Å². The lowest BCUT2D eigenvalue weighted by molar-refractivity contribution is -0.140. The number of esters is 2. The van der Waals surface area contributed by atoms with Gasteiger partial charge < -0.3 is 9.47 Å². The van der Waals surface area contributed by atoms with Crippen LogP contribution in [0.5, 0.6) is 0 Å². The minimum absolute atomic E-state index is 0.0625. The van der Waals surface area contributed by atoms with Crippen LogP contribution in [0.1, 0.15) is 11.1 Å². The molecule has 0 saturated heterocycles. The molecule has 3 rings (SSSR count). The number of halogens is 2. The lowest BCUT2D eigenvalue weighted by Gasteiger charge is -2.02. The molecule has 4 nitrogen and oxygen atoms in total. The predicted octanol–water partition coefficient (Wildman–Crippen LogP) is 4.92. The zero-order valence-electron chi connectivity index (χ0n) is 15.5. The summed E-state index contributed by atoms with van der Waals surface area (Å²) in [6, 6.07) is 18.8. The molecule has 29 heavy (non-hydrogen) atoms. The van der Waals surface area contributed by atoms with Gasteiger partial charge in [-0.05, 0) is 23.3 Å². The summed E-state index contributed by atoms with van der Waals surface area (Å²) in [4.78, 5) is 23.7. The van der Waals surface area contributed by atoms with E-state index in [1.807, 2.05) is 60.7 Å². The number of hydrogen-bond acceptors (Lipinski definition) is 4. The maximum absolute atomic E-state index is 11.9. The number of benzene rings is 2. The maximum atomic E-state index is 11.9. The molecule has 0 amide bonds. The molecule has 2 atom stereocenters. The number of alkyl halides is 2. The first kappa shape index (κ1) is 21.2. The van der Waals surface area contributed by atoms with E-state index in [4.69, 9.17) is 32.7 Å². The SMILES string of the molecule is O=C(C=Cc1ccccc1)OCC1C(COC(=O)C=Cc2ccccc2)C1(Cl)Cl. The molecular formula is C23H20Cl2O4. The van der Waals surface area contributed by atoms with E-state index < -0.39 is 16.3 Å². The zero-order valence-corrected chi connectivity index (χ0v) is 17.1. The van der Waals surface area contributed by atoms with Crippen molar-refractivity contribution in [3.05, 3.63) is 83.9 Å². The highest BCUT2D eigenvalue weighted by Gasteiger charge is 2.64. The predicted molar refractivity (Wildman–Crippen MR) is 114 cm³/mol. The van der Waals surface area contributed by atoms with Crippen molar-refractivity contribution < 1.29 is 19.1 Å². The van der Waals surface area contributed by atoms with Crippen molar-refractivity contribution >= 4 is 47.3 Å². The van der Waals surface area contributed by atoms with E-state index in [2.05, 4.69) is 0 Å². The average Bonchev–Trinajstić information content (AvgIpc) is 3.27. The van der Waals surface area contributed by atoms with Crippen LogP contribution in [-0.4, -0.2) is 29.5 Å². The molecule has 2 aromatic rings. The normalized spacial score (nSPS) is 19.9. The van der Waals surface area contributed by atoms with Gasteiger partial charge in [0, 0.05) is 24.0 Å². The number of ether oxygens (including phenoxy) is 2. The third kappa shape index (κ3) is 6.21. The zero-order chi connectivity index (χ0) is 20.7. The molecular weight excluding hydrogens is 411 g/mol. The number of carbonyl (C=O) groups is 2. The van der Waals surface area contributed by atoms with Crippen molar-refractivity contribution in [2.45, 2.75) is 4.33 Å². The molecule has 0 N–H and O–H groups in total. The Balaban J connectivity index is 1.41. The minimum atomic E-state index is -1.08. The molecule has 1 aliphatic rings. The van der Waals surface area contributed by atoms with E-state index >= 15 is 0 Å². The second kappa shape index (κ2) is 9.77. The Kier molecular flexibility index (Phi) is 7.13. The van der Waals surface area contributed by atoms with Gasteiger partial charge in [0.15, 0.2) is 0 Å². The summed E-state index contributed by atoms with van der Waals surface area (Å²) in [5, 5.41) is 0. The first-order chi connectivity index (χ1) is 14.0. The van der Waals surface area contributed by atoms with Gasteiger partial charge in [0.25, 0.3) is 0 Å². The van der Waals surface area contributed by atoms with Gasteiger partial charge in [-0.25, -0.2) is 9.59 Å². The Bertz CT molecular complexity index is 818. The Hall–Kier alpha value is -2.56. The smallest absolute Gasteiger partial charge is 0.330 e. The molecule has 6 heteroatoms. The molecule has 2 unspecified atom stereocenters. The molecule has 150 valence electrons. The van der Waals surface area contributed by atoms with Gasteiger partial charge in [0.1, 0.15) is 4.33 Å². The Labute approximate surface area is 179 Å². The second-order valence-electron chi connectivity index (χ2n) is 6.64. The molecule has 0 bridgehead atoms. The van der Waals surface area contributed by atoms with E-state index in [1.165, 1.54) is 12.2 Å². The van der Waals surface area contributed by atoms with E-state index in [0.717, 1.165) is 11.1 Å². The molecule has 1 fully saturated rings. The Morgan fingerprint density at radius 2 is 1.14 bits per heavy atom. The van der Waals surface area contributed by atoms with Gasteiger partial charge in [-0.1, -0.05) is 60.7 Å². The van der Waals surface area contributed by atoms with Crippen LogP contribution in [0.15, 0.2) is 72.8 Å². The van der Waals surface area contributed by atoms with Gasteiger partial charge >= 0.3 is 11.9 Å². The highest BCUT2D eigenvalue weighted by atomic mass is 35.5. The van der Waals surface area contributed by atoms with Crippen LogP contribution < -0.4 is 0 Å². The van der Waals surface area contributed by atoms with Crippen LogP contribution >= 0.6 is 23.2 Å². The Morgan fingerprint density at radius 1 is 0.759 bits per heavy atom. The van der Waals surface area contributed by atoms with Gasteiger partial charge in [-0.2, -0.15) is 0 Å². The topological polar surface area (TPSA) is 52.6 Å². The van der Waals surface area contributed by atoms with Gasteiger partial charge in [-0.3, -0.25) is 0 Å². The van der Waals surface area contributed by atoms with Crippen molar-refractivity contribution in [2.24, 2.45) is 11.8 Å². The first-order valence-corrected chi connectivity index (χ1v) is 9.90. The fourth-order valence-electron chi connectivity index (χ4n) is 2.81. The van der Waals surface area contributed by atoms with Crippen LogP contribution in [0.4, 0.5) is 0 Å². The van der Waals surface area contributed by atoms with E-state index in [0.29, 0.717) is 0 Å². The Morgan fingerprint density at radius 3 is 1.52 bits per heavy atom. The van der Waals surface area contributed by atoms with E-state index in [1.54, 1.807) is 12.2 Å². The van der Waals surface area contributed by atoms with Crippen molar-refractivity contribution in [1.29, 1.82) is 0 Å². The summed E-state index contributed by atoms with van der Waals surface area (Å²) < 4.78 is 9.36. The lowest BCUT2D eigenvalue weighted by atomic mass is 10.2. The first-order valence-electron chi connectivity index (χ1n) is 9.14. The largest absolute Gasteiger partial charge is 0.462 e. The lowest BCUT2D eigenvalue weighted by Crippen LogP contribution is -2.08. The van der Waals surface area contributed by atoms with Crippen molar-refractivity contribution in [1.82, 2.24) is 0 Å². The van der Waals surface area contributed by atoms with Gasteiger partial charge in [-0.15, -0.1) is 23.2 Å². The summed E-state index contributed by atoms with van der Waals surface area (Å²) in [6.45, 7) is 0.125. The number of rotatable bonds is 8. The van der Waals surface area contributed by atoms with E-state index in [-0.39, 0.29) is 25.0 Å². The van der Waals surface area contributed by atoms with Crippen molar-refractivity contribution in [3.63, 3.8) is 0 Å². The molecule has 0 radical (unpaired) electrons. The molecule has 0 spiro atoms. The minimum Gasteiger partial charge on any atom is -0.462 e. The molecule has 2 aromatic carbocycles. The highest BCUT2D eigenvalue weighted by molar-refractivity contribution is 6.51. The summed E-state index contributed by atoms with van der Waals surface area (Å²) >= 11 is 12.5. The molecule has 1 saturated carbocycles. The van der Waals surface area contributed by atoms with Gasteiger partial charge in [0.2, 0.25) is 0 Å². The fraction of sp³-hybridized carbons (Fsp3) is 0.217. The molecule has 0 aliphatic heterocycles. The van der Waals surface area contributed by atoms with Crippen LogP contribution in [0, 0.1) is 11.8 Å². The second-order valence-corrected chi connectivity index (χ2v) is 8.08. The van der Waals surface area contributed by atoms with Crippen LogP contribution in [-0.2, 0) is 19.1 Å². The molecule has 1 aliphatic carbocycles. The third-order valence-corrected chi connectivity index (χ3v) is 5.72. The summed E-state index contributed by atoms with van der Waals surface area (Å²) in [5.74, 6) is -1.53. The average molecular weight is 431 g/mol. The number of carbonyl (C=O) groups excluding carboxylic acids is 2. The van der Waals surface area contributed by atoms with Crippen LogP contribution in [0.2, 0.25) is 0 Å². The molecule has 0 heterocycles. The fourth-order valence-corrected chi connectivity index (χ4v) is 3.55. The quantitative estimate of drug-likeness (QED) is 0.338. The van der Waals surface area contributed by atoms with Crippen molar-refractivity contribution in [3.8, 4) is 0 Å². The monoisotopic (exact) mass is 430 g/mol. The molecule has 0 aromatic heterocycles. The van der Waals surface area contributed by atoms with E-state index in [9.17, 15) is 9.59 Å². The van der Waals surface area contributed by atoms with Crippen molar-refractivity contribution in [2.75, 3.05) is 13.2 Å². The summed E-state index contributed by atoms with van der Waals surface area (Å²) in [5.41, 5.74) is 1.79. The maximum Gasteiger partial charge on any atom is 0.330 e. The third-order valence-electron chi connectivity index (χ3n) is 4.60. The summed E-state index contributed by atoms with van der Waals surface area (Å²) in [6.07, 6.45) is 6.04. The number of hydrogen-bond donors (Lipinski definition) is 0. The summed E-state index contributed by atoms with van der Waals surface area (Å²) in [7, 11) is 0. The van der Waals surface area contributed by atoms with Crippen LogP contribution in [0.3, 0.4) is 0 Å². The highest BCUT2D eigenvalue weighted by Crippen LogP contribution is 2.59. The van der Waals surface area contributed by atoms with Gasteiger partial charge in [0.05, 0.1) is 13.2 Å². The standard InChI is InChI=1S/C23H20Cl2O4/c24-23(25)19(15-28-21(26)13-11-17-7-3-1-4-8-17)20(23)16-29-22(27)14-12-18-9-5-2-6-10-18/h1-14,19-20H,15-16H2.